The minimum absolute atomic E-state index is 0.129. The Morgan fingerprint density at radius 3 is 2.37 bits per heavy atom. The summed E-state index contributed by atoms with van der Waals surface area (Å²) in [6.45, 7) is 8.87. The fourth-order valence-electron chi connectivity index (χ4n) is 4.65. The second-order valence-electron chi connectivity index (χ2n) is 9.58. The van der Waals surface area contributed by atoms with Gasteiger partial charge in [-0.15, -0.1) is 0 Å². The van der Waals surface area contributed by atoms with E-state index in [0.717, 1.165) is 18.4 Å². The minimum Gasteiger partial charge on any atom is -0.480 e. The second-order valence-corrected chi connectivity index (χ2v) is 10.4. The van der Waals surface area contributed by atoms with Crippen LogP contribution in [0.25, 0.3) is 0 Å². The Bertz CT molecular complexity index is 1320. The summed E-state index contributed by atoms with van der Waals surface area (Å²) < 4.78 is 5.46. The summed E-state index contributed by atoms with van der Waals surface area (Å²) in [5, 5.41) is 16.8. The van der Waals surface area contributed by atoms with E-state index in [1.54, 1.807) is 51.7 Å². The van der Waals surface area contributed by atoms with Crippen LogP contribution in [0.4, 0.5) is 22.2 Å². The Labute approximate surface area is 243 Å². The highest BCUT2D eigenvalue weighted by Crippen LogP contribution is 2.29. The molecule has 2 N–H and O–H groups in total. The number of carboxylic acids is 1. The zero-order chi connectivity index (χ0) is 29.4. The number of hydrogen-bond acceptors (Lipinski definition) is 9. The van der Waals surface area contributed by atoms with Gasteiger partial charge in [-0.2, -0.15) is 16.3 Å². The number of ether oxygens (including phenoxy) is 1. The largest absolute Gasteiger partial charge is 0.480 e. The lowest BCUT2D eigenvalue weighted by Crippen LogP contribution is -2.36. The molecule has 0 bridgehead atoms. The molecule has 41 heavy (non-hydrogen) atoms. The summed E-state index contributed by atoms with van der Waals surface area (Å²) in [7, 11) is 0. The van der Waals surface area contributed by atoms with Crippen molar-refractivity contribution in [1.29, 1.82) is 0 Å². The van der Waals surface area contributed by atoms with Crippen LogP contribution >= 0.6 is 11.3 Å². The van der Waals surface area contributed by atoms with Gasteiger partial charge in [0.15, 0.2) is 5.82 Å². The normalized spacial score (nSPS) is 13.5. The van der Waals surface area contributed by atoms with E-state index < -0.39 is 12.0 Å². The molecule has 0 spiro atoms. The number of rotatable bonds is 12. The highest BCUT2D eigenvalue weighted by molar-refractivity contribution is 7.08. The second kappa shape index (κ2) is 13.9. The molecular weight excluding hydrogens is 544 g/mol. The molecule has 3 heterocycles. The third-order valence-electron chi connectivity index (χ3n) is 6.96. The molecule has 3 aromatic rings. The fraction of sp³-hybridized carbons (Fsp3) is 0.414. The third kappa shape index (κ3) is 7.31. The van der Waals surface area contributed by atoms with Crippen molar-refractivity contribution < 1.29 is 24.2 Å². The predicted octanol–water partition coefficient (Wildman–Crippen LogP) is 4.75. The first-order valence-electron chi connectivity index (χ1n) is 13.9. The van der Waals surface area contributed by atoms with E-state index in [2.05, 4.69) is 15.3 Å². The van der Waals surface area contributed by atoms with Crippen molar-refractivity contribution in [3.05, 3.63) is 58.4 Å². The summed E-state index contributed by atoms with van der Waals surface area (Å²) >= 11 is 1.42. The molecule has 4 rings (SSSR count). The molecule has 0 unspecified atom stereocenters. The number of nitrogens with one attached hydrogen (secondary N) is 1. The van der Waals surface area contributed by atoms with Crippen LogP contribution < -0.4 is 19.9 Å². The molecule has 218 valence electrons. The Morgan fingerprint density at radius 1 is 1.07 bits per heavy atom. The lowest BCUT2D eigenvalue weighted by molar-refractivity contribution is -0.137. The van der Waals surface area contributed by atoms with E-state index in [1.165, 1.54) is 11.3 Å². The van der Waals surface area contributed by atoms with Gasteiger partial charge in [0, 0.05) is 44.5 Å². The molecule has 1 fully saturated rings. The first-order chi connectivity index (χ1) is 19.8. The number of hydrogen-bond donors (Lipinski definition) is 2. The van der Waals surface area contributed by atoms with Crippen LogP contribution in [-0.2, 0) is 11.2 Å². The summed E-state index contributed by atoms with van der Waals surface area (Å²) in [6, 6.07) is 7.50. The van der Waals surface area contributed by atoms with Crippen molar-refractivity contribution in [2.75, 3.05) is 47.8 Å². The molecule has 1 atom stereocenters. The van der Waals surface area contributed by atoms with Crippen molar-refractivity contribution in [2.45, 2.75) is 46.1 Å². The summed E-state index contributed by atoms with van der Waals surface area (Å²) in [6.07, 6.45) is 3.27. The molecular formula is C29H36N6O5S. The molecule has 2 amide bonds. The van der Waals surface area contributed by atoms with E-state index >= 15 is 0 Å². The zero-order valence-electron chi connectivity index (χ0n) is 23.6. The Balaban J connectivity index is 1.58. The number of nitrogens with zero attached hydrogens (tertiary/aromatic N) is 5. The van der Waals surface area contributed by atoms with Crippen LogP contribution in [0, 0.1) is 0 Å². The van der Waals surface area contributed by atoms with Gasteiger partial charge >= 0.3 is 12.1 Å². The SMILES string of the molecule is CCN(CC)c1ncc(N(CC)C(=O)c2ccsc2)c(N[C@H](Cc2ccc(OC(=O)N3CCCC3)cc2)C(=O)O)n1. The highest BCUT2D eigenvalue weighted by atomic mass is 32.1. The summed E-state index contributed by atoms with van der Waals surface area (Å²) in [5.41, 5.74) is 1.66. The van der Waals surface area contributed by atoms with Crippen LogP contribution in [0.2, 0.25) is 0 Å². The monoisotopic (exact) mass is 580 g/mol. The number of carbonyl (C=O) groups excluding carboxylic acids is 2. The average molecular weight is 581 g/mol. The van der Waals surface area contributed by atoms with E-state index in [0.29, 0.717) is 55.7 Å². The molecule has 0 aliphatic carbocycles. The van der Waals surface area contributed by atoms with Gasteiger partial charge in [-0.1, -0.05) is 12.1 Å². The van der Waals surface area contributed by atoms with Crippen LogP contribution in [0.15, 0.2) is 47.3 Å². The van der Waals surface area contributed by atoms with Gasteiger partial charge in [-0.25, -0.2) is 14.6 Å². The quantitative estimate of drug-likeness (QED) is 0.312. The maximum atomic E-state index is 13.3. The van der Waals surface area contributed by atoms with Gasteiger partial charge < -0.3 is 29.9 Å². The van der Waals surface area contributed by atoms with Gasteiger partial charge in [0.1, 0.15) is 17.5 Å². The van der Waals surface area contributed by atoms with Crippen LogP contribution in [0.3, 0.4) is 0 Å². The predicted molar refractivity (Wildman–Crippen MR) is 159 cm³/mol. The number of benzene rings is 1. The van der Waals surface area contributed by atoms with E-state index in [1.807, 2.05) is 31.1 Å². The zero-order valence-corrected chi connectivity index (χ0v) is 24.4. The molecule has 2 aromatic heterocycles. The number of carboxylic acid groups (broad SMARTS) is 1. The van der Waals surface area contributed by atoms with Crippen LogP contribution in [0.5, 0.6) is 5.75 Å². The topological polar surface area (TPSA) is 128 Å². The number of likely N-dealkylation sites (tertiary alicyclic amines) is 1. The fourth-order valence-corrected chi connectivity index (χ4v) is 5.28. The van der Waals surface area contributed by atoms with Gasteiger partial charge in [0.25, 0.3) is 5.91 Å². The number of carbonyl (C=O) groups is 3. The van der Waals surface area contributed by atoms with E-state index in [4.69, 9.17) is 4.74 Å². The molecule has 0 saturated carbocycles. The van der Waals surface area contributed by atoms with Crippen molar-refractivity contribution in [3.8, 4) is 5.75 Å². The minimum atomic E-state index is -1.07. The number of amides is 2. The maximum Gasteiger partial charge on any atom is 0.415 e. The number of thiophene rings is 1. The number of aliphatic carboxylic acids is 1. The molecule has 0 radical (unpaired) electrons. The Morgan fingerprint density at radius 2 is 1.78 bits per heavy atom. The third-order valence-corrected chi connectivity index (χ3v) is 7.65. The average Bonchev–Trinajstić information content (AvgIpc) is 3.71. The van der Waals surface area contributed by atoms with Crippen LogP contribution in [0.1, 0.15) is 49.5 Å². The van der Waals surface area contributed by atoms with Crippen molar-refractivity contribution >= 4 is 46.8 Å². The summed E-state index contributed by atoms with van der Waals surface area (Å²) in [5.74, 6) is -0.194. The summed E-state index contributed by atoms with van der Waals surface area (Å²) in [4.78, 5) is 52.4. The molecule has 12 heteroatoms. The number of anilines is 3. The molecule has 1 aliphatic heterocycles. The molecule has 1 aliphatic rings. The maximum absolute atomic E-state index is 13.3. The van der Waals surface area contributed by atoms with Crippen LogP contribution in [-0.4, -0.2) is 76.7 Å². The molecule has 1 saturated heterocycles. The lowest BCUT2D eigenvalue weighted by Gasteiger charge is -2.26. The Kier molecular flexibility index (Phi) is 10.1. The Hall–Kier alpha value is -4.19. The standard InChI is InChI=1S/C29H36N6O5S/c1-4-33(5-2)28-30-18-24(35(6-3)26(36)21-13-16-41-19-21)25(32-28)31-23(27(37)38)17-20-9-11-22(12-10-20)40-29(39)34-14-7-8-15-34/h9-13,16,18-19,23H,4-8,14-15,17H2,1-3H3,(H,37,38)(H,30,31,32)/t23-/m1/s1. The number of aromatic nitrogens is 2. The first kappa shape index (κ1) is 29.8. The first-order valence-corrected chi connectivity index (χ1v) is 14.8. The van der Waals surface area contributed by atoms with Gasteiger partial charge in [-0.3, -0.25) is 4.79 Å². The molecule has 11 nitrogen and oxygen atoms in total. The van der Waals surface area contributed by atoms with Gasteiger partial charge in [0.05, 0.1) is 11.8 Å². The van der Waals surface area contributed by atoms with Crippen molar-refractivity contribution in [1.82, 2.24) is 14.9 Å². The van der Waals surface area contributed by atoms with Crippen molar-refractivity contribution in [2.24, 2.45) is 0 Å². The smallest absolute Gasteiger partial charge is 0.415 e. The van der Waals surface area contributed by atoms with Gasteiger partial charge in [-0.05, 0) is 62.8 Å². The van der Waals surface area contributed by atoms with E-state index in [9.17, 15) is 19.5 Å². The highest BCUT2D eigenvalue weighted by Gasteiger charge is 2.26. The lowest BCUT2D eigenvalue weighted by atomic mass is 10.1. The van der Waals surface area contributed by atoms with Gasteiger partial charge in [0.2, 0.25) is 5.95 Å². The van der Waals surface area contributed by atoms with Crippen molar-refractivity contribution in [3.63, 3.8) is 0 Å². The van der Waals surface area contributed by atoms with E-state index in [-0.39, 0.29) is 24.2 Å². The molecule has 1 aromatic carbocycles.